The van der Waals surface area contributed by atoms with E-state index in [1.54, 1.807) is 0 Å². The molecule has 3 heteroatoms. The van der Waals surface area contributed by atoms with Crippen molar-refractivity contribution < 1.29 is 0 Å². The lowest BCUT2D eigenvalue weighted by Gasteiger charge is -2.28. The van der Waals surface area contributed by atoms with E-state index < -0.39 is 0 Å². The van der Waals surface area contributed by atoms with Crippen LogP contribution in [0.1, 0.15) is 35.4 Å². The molecule has 2 rings (SSSR count). The van der Waals surface area contributed by atoms with Gasteiger partial charge in [-0.15, -0.1) is 11.3 Å². The van der Waals surface area contributed by atoms with Gasteiger partial charge in [-0.2, -0.15) is 11.8 Å². The molecule has 1 heterocycles. The van der Waals surface area contributed by atoms with Crippen molar-refractivity contribution in [1.82, 2.24) is 5.32 Å². The zero-order valence-corrected chi connectivity index (χ0v) is 11.8. The molecule has 0 saturated heterocycles. The van der Waals surface area contributed by atoms with Gasteiger partial charge in [-0.25, -0.2) is 0 Å². The maximum atomic E-state index is 3.71. The van der Waals surface area contributed by atoms with E-state index in [0.717, 1.165) is 17.8 Å². The summed E-state index contributed by atoms with van der Waals surface area (Å²) in [6.45, 7) is 3.24. The highest BCUT2D eigenvalue weighted by Crippen LogP contribution is 2.27. The van der Waals surface area contributed by atoms with Crippen molar-refractivity contribution in [2.45, 2.75) is 50.4 Å². The monoisotopic (exact) mass is 255 g/mol. The number of aryl methyl sites for hydroxylation is 1. The summed E-state index contributed by atoms with van der Waals surface area (Å²) in [5, 5.41) is 4.60. The van der Waals surface area contributed by atoms with Crippen LogP contribution >= 0.6 is 23.1 Å². The Labute approximate surface area is 107 Å². The molecular formula is C13H21NS2. The Bertz CT molecular complexity index is 321. The average Bonchev–Trinajstić information content (AvgIpc) is 2.73. The maximum Gasteiger partial charge on any atom is 0.0302 e. The number of hydrogen-bond acceptors (Lipinski definition) is 3. The summed E-state index contributed by atoms with van der Waals surface area (Å²) in [5.74, 6) is 0. The van der Waals surface area contributed by atoms with Gasteiger partial charge < -0.3 is 5.32 Å². The predicted molar refractivity (Wildman–Crippen MR) is 75.5 cm³/mol. The van der Waals surface area contributed by atoms with Crippen LogP contribution in [0.25, 0.3) is 0 Å². The van der Waals surface area contributed by atoms with Crippen LogP contribution in [0, 0.1) is 6.92 Å². The van der Waals surface area contributed by atoms with E-state index in [1.807, 2.05) is 23.1 Å². The highest BCUT2D eigenvalue weighted by molar-refractivity contribution is 7.99. The minimum atomic E-state index is 0.744. The van der Waals surface area contributed by atoms with Crippen molar-refractivity contribution in [3.8, 4) is 0 Å². The van der Waals surface area contributed by atoms with Gasteiger partial charge in [0.2, 0.25) is 0 Å². The van der Waals surface area contributed by atoms with E-state index in [-0.39, 0.29) is 0 Å². The largest absolute Gasteiger partial charge is 0.309 e. The molecule has 1 saturated carbocycles. The first kappa shape index (κ1) is 12.5. The number of hydrogen-bond donors (Lipinski definition) is 1. The van der Waals surface area contributed by atoms with Gasteiger partial charge in [0.1, 0.15) is 0 Å². The number of thioether (sulfide) groups is 1. The zero-order valence-electron chi connectivity index (χ0n) is 10.2. The molecule has 0 spiro atoms. The first-order chi connectivity index (χ1) is 7.78. The molecule has 0 bridgehead atoms. The summed E-state index contributed by atoms with van der Waals surface area (Å²) in [6.07, 6.45) is 7.77. The Hall–Kier alpha value is 0.01000. The molecule has 90 valence electrons. The van der Waals surface area contributed by atoms with Crippen molar-refractivity contribution in [2.75, 3.05) is 6.26 Å². The van der Waals surface area contributed by atoms with Gasteiger partial charge in [0.15, 0.2) is 0 Å². The summed E-state index contributed by atoms with van der Waals surface area (Å²) in [7, 11) is 0. The van der Waals surface area contributed by atoms with E-state index in [0.29, 0.717) is 0 Å². The third-order valence-corrected chi connectivity index (χ3v) is 5.42. The lowest BCUT2D eigenvalue weighted by atomic mass is 9.95. The molecule has 0 radical (unpaired) electrons. The molecule has 1 aliphatic rings. The number of nitrogens with one attached hydrogen (secondary N) is 1. The summed E-state index contributed by atoms with van der Waals surface area (Å²) < 4.78 is 0. The second-order valence-corrected chi connectivity index (χ2v) is 7.13. The highest BCUT2D eigenvalue weighted by Gasteiger charge is 2.20. The molecule has 1 fully saturated rings. The van der Waals surface area contributed by atoms with Gasteiger partial charge in [0.05, 0.1) is 0 Å². The Morgan fingerprint density at radius 1 is 1.44 bits per heavy atom. The predicted octanol–water partition coefficient (Wildman–Crippen LogP) is 3.82. The molecule has 1 aliphatic carbocycles. The highest BCUT2D eigenvalue weighted by atomic mass is 32.2. The lowest BCUT2D eigenvalue weighted by molar-refractivity contribution is 0.381. The molecule has 0 aromatic carbocycles. The Balaban J connectivity index is 1.77. The van der Waals surface area contributed by atoms with Crippen LogP contribution in [0.5, 0.6) is 0 Å². The molecule has 1 nitrogen and oxygen atoms in total. The van der Waals surface area contributed by atoms with Crippen molar-refractivity contribution in [1.29, 1.82) is 0 Å². The molecular weight excluding hydrogens is 234 g/mol. The normalized spacial score (nSPS) is 25.9. The fraction of sp³-hybridized carbons (Fsp3) is 0.692. The minimum absolute atomic E-state index is 0.744. The van der Waals surface area contributed by atoms with Crippen LogP contribution in [0.4, 0.5) is 0 Å². The van der Waals surface area contributed by atoms with E-state index in [2.05, 4.69) is 30.6 Å². The van der Waals surface area contributed by atoms with Gasteiger partial charge in [-0.3, -0.25) is 0 Å². The van der Waals surface area contributed by atoms with Crippen molar-refractivity contribution in [2.24, 2.45) is 0 Å². The SMILES string of the molecule is CSC1CCCC(NCc2ccc(C)s2)C1. The van der Waals surface area contributed by atoms with Gasteiger partial charge in [-0.1, -0.05) is 6.42 Å². The molecule has 1 aromatic heterocycles. The average molecular weight is 255 g/mol. The van der Waals surface area contributed by atoms with E-state index in [4.69, 9.17) is 0 Å². The third-order valence-electron chi connectivity index (χ3n) is 3.32. The van der Waals surface area contributed by atoms with Crippen LogP contribution in [-0.4, -0.2) is 17.5 Å². The fourth-order valence-electron chi connectivity index (χ4n) is 2.37. The summed E-state index contributed by atoms with van der Waals surface area (Å²) in [4.78, 5) is 2.89. The Morgan fingerprint density at radius 3 is 3.00 bits per heavy atom. The number of rotatable bonds is 4. The van der Waals surface area contributed by atoms with E-state index >= 15 is 0 Å². The van der Waals surface area contributed by atoms with Crippen LogP contribution in [0.3, 0.4) is 0 Å². The summed E-state index contributed by atoms with van der Waals surface area (Å²) in [6, 6.07) is 5.21. The second kappa shape index (κ2) is 6.08. The second-order valence-electron chi connectivity index (χ2n) is 4.61. The van der Waals surface area contributed by atoms with Crippen LogP contribution in [-0.2, 0) is 6.54 Å². The van der Waals surface area contributed by atoms with Gasteiger partial charge >= 0.3 is 0 Å². The van der Waals surface area contributed by atoms with Gasteiger partial charge in [-0.05, 0) is 44.6 Å². The smallest absolute Gasteiger partial charge is 0.0302 e. The number of thiophene rings is 1. The summed E-state index contributed by atoms with van der Waals surface area (Å²) >= 11 is 3.95. The van der Waals surface area contributed by atoms with Crippen LogP contribution < -0.4 is 5.32 Å². The first-order valence-electron chi connectivity index (χ1n) is 6.09. The van der Waals surface area contributed by atoms with Gasteiger partial charge in [0.25, 0.3) is 0 Å². The van der Waals surface area contributed by atoms with Gasteiger partial charge in [0, 0.05) is 27.6 Å². The zero-order chi connectivity index (χ0) is 11.4. The topological polar surface area (TPSA) is 12.0 Å². The molecule has 0 amide bonds. The molecule has 16 heavy (non-hydrogen) atoms. The third kappa shape index (κ3) is 3.51. The lowest BCUT2D eigenvalue weighted by Crippen LogP contribution is -2.34. The van der Waals surface area contributed by atoms with Crippen LogP contribution in [0.15, 0.2) is 12.1 Å². The van der Waals surface area contributed by atoms with Crippen molar-refractivity contribution >= 4 is 23.1 Å². The molecule has 2 atom stereocenters. The molecule has 1 N–H and O–H groups in total. The van der Waals surface area contributed by atoms with Crippen molar-refractivity contribution in [3.63, 3.8) is 0 Å². The standard InChI is InChI=1S/C13H21NS2/c1-10-6-7-13(16-10)9-14-11-4-3-5-12(8-11)15-2/h6-7,11-12,14H,3-5,8-9H2,1-2H3. The molecule has 1 aromatic rings. The minimum Gasteiger partial charge on any atom is -0.309 e. The molecule has 0 aliphatic heterocycles. The molecule has 2 unspecified atom stereocenters. The Kier molecular flexibility index (Phi) is 4.74. The first-order valence-corrected chi connectivity index (χ1v) is 8.20. The Morgan fingerprint density at radius 2 is 2.31 bits per heavy atom. The maximum absolute atomic E-state index is 3.71. The van der Waals surface area contributed by atoms with E-state index in [9.17, 15) is 0 Å². The fourth-order valence-corrected chi connectivity index (χ4v) is 4.04. The van der Waals surface area contributed by atoms with E-state index in [1.165, 1.54) is 35.4 Å². The quantitative estimate of drug-likeness (QED) is 0.878. The van der Waals surface area contributed by atoms with Crippen LogP contribution in [0.2, 0.25) is 0 Å². The summed E-state index contributed by atoms with van der Waals surface area (Å²) in [5.41, 5.74) is 0. The van der Waals surface area contributed by atoms with Crippen molar-refractivity contribution in [3.05, 3.63) is 21.9 Å².